The third kappa shape index (κ3) is 7.42. The van der Waals surface area contributed by atoms with Crippen LogP contribution in [-0.4, -0.2) is 24.1 Å². The summed E-state index contributed by atoms with van der Waals surface area (Å²) in [5, 5.41) is 13.3. The van der Waals surface area contributed by atoms with Gasteiger partial charge < -0.3 is 24.9 Å². The number of hydrogen-bond acceptors (Lipinski definition) is 5. The van der Waals surface area contributed by atoms with E-state index in [2.05, 4.69) is 39.9 Å². The third-order valence-electron chi connectivity index (χ3n) is 4.47. The first kappa shape index (κ1) is 24.4. The van der Waals surface area contributed by atoms with Crippen LogP contribution in [0.1, 0.15) is 52.9 Å². The molecule has 166 valence electrons. The molecular formula is C22H28IN5O3. The van der Waals surface area contributed by atoms with Gasteiger partial charge in [0.15, 0.2) is 11.7 Å². The normalized spacial score (nSPS) is 11.2. The van der Waals surface area contributed by atoms with E-state index in [-0.39, 0.29) is 29.9 Å². The van der Waals surface area contributed by atoms with Crippen molar-refractivity contribution in [3.8, 4) is 0 Å². The van der Waals surface area contributed by atoms with E-state index in [1.165, 1.54) is 0 Å². The Balaban J connectivity index is 0.00000341. The lowest BCUT2D eigenvalue weighted by molar-refractivity contribution is 0.0948. The predicted octanol–water partition coefficient (Wildman–Crippen LogP) is 3.80. The molecule has 0 atom stereocenters. The molecule has 0 unspecified atom stereocenters. The Morgan fingerprint density at radius 3 is 2.48 bits per heavy atom. The average Bonchev–Trinajstić information content (AvgIpc) is 3.44. The molecule has 0 radical (unpaired) electrons. The lowest BCUT2D eigenvalue weighted by Crippen LogP contribution is -2.36. The molecular weight excluding hydrogens is 509 g/mol. The quantitative estimate of drug-likeness (QED) is 0.230. The molecule has 0 aliphatic carbocycles. The van der Waals surface area contributed by atoms with Crippen LogP contribution in [0, 0.1) is 0 Å². The molecule has 1 aromatic carbocycles. The van der Waals surface area contributed by atoms with Gasteiger partial charge in [-0.25, -0.2) is 0 Å². The van der Waals surface area contributed by atoms with Crippen LogP contribution in [0.15, 0.2) is 62.7 Å². The summed E-state index contributed by atoms with van der Waals surface area (Å²) in [6.07, 6.45) is 1.58. The molecule has 2 aromatic heterocycles. The second kappa shape index (κ2) is 12.1. The minimum absolute atomic E-state index is 0. The van der Waals surface area contributed by atoms with Crippen molar-refractivity contribution in [2.45, 2.75) is 39.4 Å². The lowest BCUT2D eigenvalue weighted by atomic mass is 10.1. The van der Waals surface area contributed by atoms with Gasteiger partial charge in [-0.3, -0.25) is 9.79 Å². The van der Waals surface area contributed by atoms with Crippen molar-refractivity contribution in [2.75, 3.05) is 7.05 Å². The lowest BCUT2D eigenvalue weighted by Gasteiger charge is -2.11. The average molecular weight is 537 g/mol. The van der Waals surface area contributed by atoms with Crippen LogP contribution in [-0.2, 0) is 19.6 Å². The molecule has 0 fully saturated rings. The van der Waals surface area contributed by atoms with Crippen LogP contribution < -0.4 is 16.0 Å². The fourth-order valence-corrected chi connectivity index (χ4v) is 2.77. The first-order valence-electron chi connectivity index (χ1n) is 9.84. The van der Waals surface area contributed by atoms with E-state index < -0.39 is 0 Å². The van der Waals surface area contributed by atoms with E-state index in [0.29, 0.717) is 42.8 Å². The van der Waals surface area contributed by atoms with Gasteiger partial charge in [0.05, 0.1) is 25.0 Å². The Morgan fingerprint density at radius 2 is 1.81 bits per heavy atom. The highest BCUT2D eigenvalue weighted by Gasteiger charge is 2.09. The summed E-state index contributed by atoms with van der Waals surface area (Å²) in [5.74, 6) is 2.26. The molecule has 0 saturated carbocycles. The molecule has 2 heterocycles. The first-order valence-corrected chi connectivity index (χ1v) is 9.84. The van der Waals surface area contributed by atoms with Gasteiger partial charge in [-0.2, -0.15) is 0 Å². The standard InChI is InChI=1S/C22H27N5O3.HI/c1-15(2)20-11-19(30-27-20)14-26-22(23-3)25-12-16-6-4-7-17(10-16)21(28)24-13-18-8-5-9-29-18;/h4-11,15H,12-14H2,1-3H3,(H,24,28)(H2,23,25,26);1H. The topological polar surface area (TPSA) is 105 Å². The van der Waals surface area contributed by atoms with E-state index in [9.17, 15) is 4.79 Å². The molecule has 1 amide bonds. The van der Waals surface area contributed by atoms with Crippen LogP contribution in [0.3, 0.4) is 0 Å². The maximum atomic E-state index is 12.4. The molecule has 9 heteroatoms. The van der Waals surface area contributed by atoms with Crippen molar-refractivity contribution in [1.29, 1.82) is 0 Å². The predicted molar refractivity (Wildman–Crippen MR) is 129 cm³/mol. The van der Waals surface area contributed by atoms with Gasteiger partial charge >= 0.3 is 0 Å². The maximum Gasteiger partial charge on any atom is 0.251 e. The smallest absolute Gasteiger partial charge is 0.251 e. The number of aliphatic imine (C=N–C) groups is 1. The fourth-order valence-electron chi connectivity index (χ4n) is 2.77. The van der Waals surface area contributed by atoms with Crippen molar-refractivity contribution < 1.29 is 13.7 Å². The van der Waals surface area contributed by atoms with E-state index >= 15 is 0 Å². The number of rotatable bonds is 8. The molecule has 0 aliphatic heterocycles. The Labute approximate surface area is 198 Å². The minimum atomic E-state index is -0.151. The minimum Gasteiger partial charge on any atom is -0.467 e. The number of carbonyl (C=O) groups is 1. The van der Waals surface area contributed by atoms with Gasteiger partial charge in [0.1, 0.15) is 5.76 Å². The number of hydrogen-bond donors (Lipinski definition) is 3. The number of furan rings is 1. The second-order valence-electron chi connectivity index (χ2n) is 7.11. The summed E-state index contributed by atoms with van der Waals surface area (Å²) in [7, 11) is 1.70. The zero-order valence-corrected chi connectivity index (χ0v) is 20.2. The summed E-state index contributed by atoms with van der Waals surface area (Å²) >= 11 is 0. The van der Waals surface area contributed by atoms with Crippen molar-refractivity contribution in [3.63, 3.8) is 0 Å². The highest BCUT2D eigenvalue weighted by molar-refractivity contribution is 14.0. The summed E-state index contributed by atoms with van der Waals surface area (Å²) in [6.45, 7) is 5.49. The van der Waals surface area contributed by atoms with E-state index in [1.807, 2.05) is 30.3 Å². The summed E-state index contributed by atoms with van der Waals surface area (Å²) in [5.41, 5.74) is 2.48. The van der Waals surface area contributed by atoms with Crippen molar-refractivity contribution >= 4 is 35.8 Å². The number of guanidine groups is 1. The van der Waals surface area contributed by atoms with E-state index in [0.717, 1.165) is 17.0 Å². The van der Waals surface area contributed by atoms with Crippen molar-refractivity contribution in [1.82, 2.24) is 21.1 Å². The van der Waals surface area contributed by atoms with Crippen LogP contribution >= 0.6 is 24.0 Å². The van der Waals surface area contributed by atoms with Crippen molar-refractivity contribution in [3.05, 3.63) is 77.1 Å². The van der Waals surface area contributed by atoms with Gasteiger partial charge in [0.2, 0.25) is 0 Å². The number of nitrogens with one attached hydrogen (secondary N) is 3. The van der Waals surface area contributed by atoms with Gasteiger partial charge in [0.25, 0.3) is 5.91 Å². The number of benzene rings is 1. The third-order valence-corrected chi connectivity index (χ3v) is 4.47. The molecule has 31 heavy (non-hydrogen) atoms. The van der Waals surface area contributed by atoms with Crippen LogP contribution in [0.4, 0.5) is 0 Å². The molecule has 3 rings (SSSR count). The zero-order chi connectivity index (χ0) is 21.3. The molecule has 3 aromatic rings. The SMILES string of the molecule is CN=C(NCc1cccc(C(=O)NCc2ccco2)c1)NCc1cc(C(C)C)no1.I. The van der Waals surface area contributed by atoms with Gasteiger partial charge in [-0.05, 0) is 35.7 Å². The largest absolute Gasteiger partial charge is 0.467 e. The van der Waals surface area contributed by atoms with Crippen LogP contribution in [0.2, 0.25) is 0 Å². The monoisotopic (exact) mass is 537 g/mol. The molecule has 3 N–H and O–H groups in total. The highest BCUT2D eigenvalue weighted by atomic mass is 127. The Morgan fingerprint density at radius 1 is 1.03 bits per heavy atom. The number of carbonyl (C=O) groups excluding carboxylic acids is 1. The molecule has 0 bridgehead atoms. The Bertz CT molecular complexity index is 983. The first-order chi connectivity index (χ1) is 14.5. The van der Waals surface area contributed by atoms with E-state index in [4.69, 9.17) is 8.94 Å². The molecule has 8 nitrogen and oxygen atoms in total. The Hall–Kier alpha value is -2.82. The summed E-state index contributed by atoms with van der Waals surface area (Å²) in [4.78, 5) is 16.6. The number of nitrogens with zero attached hydrogens (tertiary/aromatic N) is 2. The van der Waals surface area contributed by atoms with Gasteiger partial charge in [-0.15, -0.1) is 24.0 Å². The molecule has 0 saturated heterocycles. The number of halogens is 1. The maximum absolute atomic E-state index is 12.4. The van der Waals surface area contributed by atoms with Gasteiger partial charge in [-0.1, -0.05) is 31.1 Å². The van der Waals surface area contributed by atoms with Crippen molar-refractivity contribution in [2.24, 2.45) is 4.99 Å². The fraction of sp³-hybridized carbons (Fsp3) is 0.318. The van der Waals surface area contributed by atoms with Crippen LogP contribution in [0.5, 0.6) is 0 Å². The van der Waals surface area contributed by atoms with E-state index in [1.54, 1.807) is 25.4 Å². The number of aromatic nitrogens is 1. The summed E-state index contributed by atoms with van der Waals surface area (Å²) in [6, 6.07) is 13.0. The molecule has 0 aliphatic rings. The second-order valence-corrected chi connectivity index (χ2v) is 7.11. The number of amides is 1. The van der Waals surface area contributed by atoms with Crippen LogP contribution in [0.25, 0.3) is 0 Å². The van der Waals surface area contributed by atoms with Gasteiger partial charge in [0, 0.05) is 25.2 Å². The molecule has 0 spiro atoms. The summed E-state index contributed by atoms with van der Waals surface area (Å²) < 4.78 is 10.6. The Kier molecular flexibility index (Phi) is 9.57. The zero-order valence-electron chi connectivity index (χ0n) is 17.8. The highest BCUT2D eigenvalue weighted by Crippen LogP contribution is 2.13.